The SMILES string of the molecule is CNC(=O)NC(=O)[C@H](C)OC(=O)CCCNS(=O)(=O)c1ccc(F)cc1. The van der Waals surface area contributed by atoms with Crippen molar-refractivity contribution >= 4 is 27.9 Å². The summed E-state index contributed by atoms with van der Waals surface area (Å²) < 4.78 is 43.8. The molecule has 0 fully saturated rings. The monoisotopic (exact) mass is 389 g/mol. The normalized spacial score (nSPS) is 12.1. The average Bonchev–Trinajstić information content (AvgIpc) is 2.58. The van der Waals surface area contributed by atoms with Gasteiger partial charge in [0.25, 0.3) is 5.91 Å². The van der Waals surface area contributed by atoms with Gasteiger partial charge in [-0.1, -0.05) is 0 Å². The summed E-state index contributed by atoms with van der Waals surface area (Å²) in [6, 6.07) is 3.57. The van der Waals surface area contributed by atoms with E-state index in [0.29, 0.717) is 0 Å². The molecule has 0 aliphatic rings. The lowest BCUT2D eigenvalue weighted by Crippen LogP contribution is -2.43. The molecule has 0 aliphatic carbocycles. The lowest BCUT2D eigenvalue weighted by atomic mass is 10.3. The van der Waals surface area contributed by atoms with E-state index in [1.807, 2.05) is 5.32 Å². The van der Waals surface area contributed by atoms with Crippen LogP contribution in [0.4, 0.5) is 9.18 Å². The molecule has 0 aromatic heterocycles. The van der Waals surface area contributed by atoms with Gasteiger partial charge in [-0.2, -0.15) is 0 Å². The predicted octanol–water partition coefficient (Wildman–Crippen LogP) is 0.272. The van der Waals surface area contributed by atoms with E-state index in [1.165, 1.54) is 14.0 Å². The fraction of sp³-hybridized carbons (Fsp3) is 0.400. The lowest BCUT2D eigenvalue weighted by Gasteiger charge is -2.12. The van der Waals surface area contributed by atoms with Gasteiger partial charge in [-0.15, -0.1) is 0 Å². The van der Waals surface area contributed by atoms with Gasteiger partial charge >= 0.3 is 12.0 Å². The zero-order valence-electron chi connectivity index (χ0n) is 14.2. The second-order valence-corrected chi connectivity index (χ2v) is 6.92. The summed E-state index contributed by atoms with van der Waals surface area (Å²) in [6.07, 6.45) is -1.18. The minimum absolute atomic E-state index is 0.0480. The maximum atomic E-state index is 12.8. The first-order valence-corrected chi connectivity index (χ1v) is 9.11. The summed E-state index contributed by atoms with van der Waals surface area (Å²) in [5.41, 5.74) is 0. The number of urea groups is 1. The summed E-state index contributed by atoms with van der Waals surface area (Å²) in [4.78, 5) is 34.0. The van der Waals surface area contributed by atoms with E-state index in [2.05, 4.69) is 10.0 Å². The Morgan fingerprint density at radius 2 is 1.81 bits per heavy atom. The minimum Gasteiger partial charge on any atom is -0.453 e. The van der Waals surface area contributed by atoms with Crippen molar-refractivity contribution in [1.29, 1.82) is 0 Å². The third-order valence-corrected chi connectivity index (χ3v) is 4.59. The number of ether oxygens (including phenoxy) is 1. The molecule has 3 amide bonds. The number of sulfonamides is 1. The number of hydrogen-bond donors (Lipinski definition) is 3. The summed E-state index contributed by atoms with van der Waals surface area (Å²) >= 11 is 0. The van der Waals surface area contributed by atoms with E-state index in [9.17, 15) is 27.2 Å². The van der Waals surface area contributed by atoms with Gasteiger partial charge < -0.3 is 10.1 Å². The molecule has 26 heavy (non-hydrogen) atoms. The summed E-state index contributed by atoms with van der Waals surface area (Å²) in [6.45, 7) is 1.25. The fourth-order valence-corrected chi connectivity index (χ4v) is 2.80. The molecule has 0 unspecified atom stereocenters. The first-order valence-electron chi connectivity index (χ1n) is 7.63. The highest BCUT2D eigenvalue weighted by Crippen LogP contribution is 2.09. The number of nitrogens with one attached hydrogen (secondary N) is 3. The molecule has 1 aromatic rings. The zero-order chi connectivity index (χ0) is 19.7. The third-order valence-electron chi connectivity index (χ3n) is 3.11. The molecule has 144 valence electrons. The Morgan fingerprint density at radius 1 is 1.19 bits per heavy atom. The van der Waals surface area contributed by atoms with E-state index >= 15 is 0 Å². The van der Waals surface area contributed by atoms with Crippen molar-refractivity contribution in [3.05, 3.63) is 30.1 Å². The van der Waals surface area contributed by atoms with E-state index in [4.69, 9.17) is 4.74 Å². The molecule has 1 atom stereocenters. The Balaban J connectivity index is 2.36. The Bertz CT molecular complexity index is 751. The van der Waals surface area contributed by atoms with Gasteiger partial charge in [-0.3, -0.25) is 14.9 Å². The number of esters is 1. The maximum Gasteiger partial charge on any atom is 0.321 e. The van der Waals surface area contributed by atoms with Crippen LogP contribution in [0.3, 0.4) is 0 Å². The van der Waals surface area contributed by atoms with Crippen LogP contribution < -0.4 is 15.4 Å². The van der Waals surface area contributed by atoms with Crippen molar-refractivity contribution in [3.8, 4) is 0 Å². The Morgan fingerprint density at radius 3 is 2.38 bits per heavy atom. The molecule has 9 nitrogen and oxygen atoms in total. The largest absolute Gasteiger partial charge is 0.453 e. The van der Waals surface area contributed by atoms with Gasteiger partial charge in [0, 0.05) is 20.0 Å². The second kappa shape index (κ2) is 9.82. The number of hydrogen-bond acceptors (Lipinski definition) is 6. The Kier molecular flexibility index (Phi) is 8.13. The van der Waals surface area contributed by atoms with Gasteiger partial charge in [-0.05, 0) is 37.6 Å². The van der Waals surface area contributed by atoms with E-state index in [-0.39, 0.29) is 24.3 Å². The van der Waals surface area contributed by atoms with Crippen LogP contribution in [0, 0.1) is 5.82 Å². The smallest absolute Gasteiger partial charge is 0.321 e. The topological polar surface area (TPSA) is 131 Å². The fourth-order valence-electron chi connectivity index (χ4n) is 1.72. The van der Waals surface area contributed by atoms with Crippen LogP contribution in [0.2, 0.25) is 0 Å². The highest BCUT2D eigenvalue weighted by Gasteiger charge is 2.19. The van der Waals surface area contributed by atoms with Crippen LogP contribution in [-0.4, -0.2) is 46.0 Å². The number of amides is 3. The van der Waals surface area contributed by atoms with Crippen LogP contribution in [-0.2, 0) is 24.3 Å². The van der Waals surface area contributed by atoms with E-state index in [1.54, 1.807) is 0 Å². The average molecular weight is 389 g/mol. The molecule has 0 spiro atoms. The molecule has 1 rings (SSSR count). The van der Waals surface area contributed by atoms with Crippen molar-refractivity contribution in [3.63, 3.8) is 0 Å². The summed E-state index contributed by atoms with van der Waals surface area (Å²) in [5.74, 6) is -2.05. The Hall–Kier alpha value is -2.53. The highest BCUT2D eigenvalue weighted by molar-refractivity contribution is 7.89. The first-order chi connectivity index (χ1) is 12.2. The predicted molar refractivity (Wildman–Crippen MR) is 89.0 cm³/mol. The molecule has 1 aromatic carbocycles. The van der Waals surface area contributed by atoms with Gasteiger partial charge in [0.15, 0.2) is 6.10 Å². The number of benzene rings is 1. The van der Waals surface area contributed by atoms with Gasteiger partial charge in [-0.25, -0.2) is 22.3 Å². The van der Waals surface area contributed by atoms with Crippen molar-refractivity contribution in [2.75, 3.05) is 13.6 Å². The van der Waals surface area contributed by atoms with Crippen LogP contribution >= 0.6 is 0 Å². The number of halogens is 1. The van der Waals surface area contributed by atoms with Gasteiger partial charge in [0.1, 0.15) is 5.82 Å². The molecular weight excluding hydrogens is 369 g/mol. The van der Waals surface area contributed by atoms with Crippen molar-refractivity contribution < 1.29 is 31.9 Å². The summed E-state index contributed by atoms with van der Waals surface area (Å²) in [7, 11) is -2.48. The third kappa shape index (κ3) is 7.15. The quantitative estimate of drug-likeness (QED) is 0.432. The molecule has 0 saturated carbocycles. The lowest BCUT2D eigenvalue weighted by molar-refractivity contribution is -0.154. The number of carbonyl (C=O) groups is 3. The van der Waals surface area contributed by atoms with Gasteiger partial charge in [0.2, 0.25) is 10.0 Å². The van der Waals surface area contributed by atoms with E-state index < -0.39 is 39.9 Å². The molecular formula is C15H20FN3O6S. The number of carbonyl (C=O) groups excluding carboxylic acids is 3. The van der Waals surface area contributed by atoms with Crippen molar-refractivity contribution in [2.45, 2.75) is 30.8 Å². The number of rotatable bonds is 8. The van der Waals surface area contributed by atoms with Crippen LogP contribution in [0.1, 0.15) is 19.8 Å². The first kappa shape index (κ1) is 21.5. The zero-order valence-corrected chi connectivity index (χ0v) is 15.1. The Labute approximate surface area is 150 Å². The highest BCUT2D eigenvalue weighted by atomic mass is 32.2. The molecule has 0 radical (unpaired) electrons. The molecule has 0 bridgehead atoms. The van der Waals surface area contributed by atoms with Crippen molar-refractivity contribution in [2.24, 2.45) is 0 Å². The van der Waals surface area contributed by atoms with Gasteiger partial charge in [0.05, 0.1) is 4.90 Å². The molecule has 0 aliphatic heterocycles. The summed E-state index contributed by atoms with van der Waals surface area (Å²) in [5, 5.41) is 4.14. The minimum atomic E-state index is -3.81. The standard InChI is InChI=1S/C15H20FN3O6S/c1-10(14(21)19-15(22)17-2)25-13(20)4-3-9-18-26(23,24)12-7-5-11(16)6-8-12/h5-8,10,18H,3-4,9H2,1-2H3,(H2,17,19,21,22)/t10-/m0/s1. The second-order valence-electron chi connectivity index (χ2n) is 5.16. The van der Waals surface area contributed by atoms with Crippen LogP contribution in [0.25, 0.3) is 0 Å². The van der Waals surface area contributed by atoms with Crippen LogP contribution in [0.15, 0.2) is 29.2 Å². The van der Waals surface area contributed by atoms with Crippen LogP contribution in [0.5, 0.6) is 0 Å². The molecule has 3 N–H and O–H groups in total. The molecule has 0 heterocycles. The molecule has 11 heteroatoms. The number of imide groups is 1. The van der Waals surface area contributed by atoms with Crippen molar-refractivity contribution in [1.82, 2.24) is 15.4 Å². The molecule has 0 saturated heterocycles. The van der Waals surface area contributed by atoms with E-state index in [0.717, 1.165) is 24.3 Å². The maximum absolute atomic E-state index is 12.8.